The van der Waals surface area contributed by atoms with E-state index in [0.717, 1.165) is 32.4 Å². The summed E-state index contributed by atoms with van der Waals surface area (Å²) in [4.78, 5) is 10.9. The molecule has 74 valence electrons. The molecule has 2 N–H and O–H groups in total. The van der Waals surface area contributed by atoms with Crippen LogP contribution in [0.5, 0.6) is 0 Å². The van der Waals surface area contributed by atoms with Crippen LogP contribution in [0, 0.1) is 11.3 Å². The highest BCUT2D eigenvalue weighted by atomic mass is 16.4. The molecule has 2 atom stereocenters. The van der Waals surface area contributed by atoms with E-state index < -0.39 is 5.97 Å². The van der Waals surface area contributed by atoms with Crippen LogP contribution in [0.4, 0.5) is 0 Å². The molecule has 3 nitrogen and oxygen atoms in total. The zero-order valence-corrected chi connectivity index (χ0v) is 7.88. The largest absolute Gasteiger partial charge is 0.481 e. The van der Waals surface area contributed by atoms with E-state index in [4.69, 9.17) is 5.11 Å². The fraction of sp³-hybridized carbons (Fsp3) is 0.900. The third-order valence-corrected chi connectivity index (χ3v) is 3.62. The van der Waals surface area contributed by atoms with E-state index in [-0.39, 0.29) is 5.92 Å². The summed E-state index contributed by atoms with van der Waals surface area (Å²) < 4.78 is 0. The average Bonchev–Trinajstić information content (AvgIpc) is 2.53. The van der Waals surface area contributed by atoms with E-state index in [2.05, 4.69) is 5.32 Å². The van der Waals surface area contributed by atoms with Crippen molar-refractivity contribution < 1.29 is 9.90 Å². The van der Waals surface area contributed by atoms with Crippen LogP contribution in [0.1, 0.15) is 32.1 Å². The molecule has 0 bridgehead atoms. The van der Waals surface area contributed by atoms with Gasteiger partial charge in [0.25, 0.3) is 0 Å². The van der Waals surface area contributed by atoms with Gasteiger partial charge in [0.05, 0.1) is 5.92 Å². The summed E-state index contributed by atoms with van der Waals surface area (Å²) in [5.74, 6) is -0.667. The fourth-order valence-electron chi connectivity index (χ4n) is 2.84. The lowest BCUT2D eigenvalue weighted by Gasteiger charge is -2.35. The van der Waals surface area contributed by atoms with Crippen molar-refractivity contribution in [3.8, 4) is 0 Å². The van der Waals surface area contributed by atoms with Crippen LogP contribution in [-0.2, 0) is 4.79 Å². The molecule has 1 spiro atoms. The first kappa shape index (κ1) is 9.00. The first-order valence-electron chi connectivity index (χ1n) is 5.15. The van der Waals surface area contributed by atoms with Gasteiger partial charge in [0.2, 0.25) is 0 Å². The molecule has 3 heteroatoms. The highest BCUT2D eigenvalue weighted by Crippen LogP contribution is 2.43. The van der Waals surface area contributed by atoms with Gasteiger partial charge in [-0.25, -0.2) is 0 Å². The minimum absolute atomic E-state index is 0.0753. The molecule has 0 amide bonds. The van der Waals surface area contributed by atoms with Crippen LogP contribution in [0.15, 0.2) is 0 Å². The van der Waals surface area contributed by atoms with Gasteiger partial charge in [0.15, 0.2) is 0 Å². The Balaban J connectivity index is 2.02. The quantitative estimate of drug-likeness (QED) is 0.643. The third-order valence-electron chi connectivity index (χ3n) is 3.62. The molecule has 1 aliphatic heterocycles. The highest BCUT2D eigenvalue weighted by Gasteiger charge is 2.40. The van der Waals surface area contributed by atoms with Crippen molar-refractivity contribution in [1.29, 1.82) is 0 Å². The molecule has 1 saturated heterocycles. The molecular weight excluding hydrogens is 166 g/mol. The standard InChI is InChI=1S/C10H17NO2/c12-9(13)8-2-1-3-10(6-8)4-5-11-7-10/h8,11H,1-7H2,(H,12,13)/t8-,10+/m0/s1. The first-order chi connectivity index (χ1) is 6.22. The van der Waals surface area contributed by atoms with E-state index >= 15 is 0 Å². The number of hydrogen-bond acceptors (Lipinski definition) is 2. The van der Waals surface area contributed by atoms with Crippen LogP contribution >= 0.6 is 0 Å². The second-order valence-electron chi connectivity index (χ2n) is 4.56. The summed E-state index contributed by atoms with van der Waals surface area (Å²) in [7, 11) is 0. The number of nitrogens with one attached hydrogen (secondary N) is 1. The predicted octanol–water partition coefficient (Wildman–Crippen LogP) is 1.24. The summed E-state index contributed by atoms with van der Waals surface area (Å²) in [5, 5.41) is 12.3. The van der Waals surface area contributed by atoms with E-state index in [9.17, 15) is 4.79 Å². The Kier molecular flexibility index (Phi) is 2.28. The van der Waals surface area contributed by atoms with Gasteiger partial charge in [-0.3, -0.25) is 4.79 Å². The van der Waals surface area contributed by atoms with Crippen LogP contribution in [0.3, 0.4) is 0 Å². The molecule has 2 aliphatic rings. The molecule has 1 aliphatic carbocycles. The lowest BCUT2D eigenvalue weighted by molar-refractivity contribution is -0.144. The van der Waals surface area contributed by atoms with Gasteiger partial charge in [-0.15, -0.1) is 0 Å². The topological polar surface area (TPSA) is 49.3 Å². The third kappa shape index (κ3) is 1.70. The molecular formula is C10H17NO2. The Morgan fingerprint density at radius 2 is 2.31 bits per heavy atom. The number of hydrogen-bond donors (Lipinski definition) is 2. The minimum Gasteiger partial charge on any atom is -0.481 e. The number of carboxylic acids is 1. The monoisotopic (exact) mass is 183 g/mol. The van der Waals surface area contributed by atoms with Gasteiger partial charge in [0.1, 0.15) is 0 Å². The van der Waals surface area contributed by atoms with E-state index in [1.165, 1.54) is 12.8 Å². The van der Waals surface area contributed by atoms with Gasteiger partial charge in [-0.05, 0) is 37.6 Å². The van der Waals surface area contributed by atoms with Gasteiger partial charge < -0.3 is 10.4 Å². The maximum absolute atomic E-state index is 10.9. The molecule has 0 aromatic carbocycles. The van der Waals surface area contributed by atoms with Crippen molar-refractivity contribution >= 4 is 5.97 Å². The number of carbonyl (C=O) groups is 1. The Morgan fingerprint density at radius 1 is 1.46 bits per heavy atom. The lowest BCUT2D eigenvalue weighted by Crippen LogP contribution is -2.33. The molecule has 0 aromatic heterocycles. The maximum Gasteiger partial charge on any atom is 0.306 e. The van der Waals surface area contributed by atoms with Crippen molar-refractivity contribution in [2.45, 2.75) is 32.1 Å². The Hall–Kier alpha value is -0.570. The van der Waals surface area contributed by atoms with Crippen molar-refractivity contribution in [2.75, 3.05) is 13.1 Å². The molecule has 0 radical (unpaired) electrons. The van der Waals surface area contributed by atoms with Crippen molar-refractivity contribution in [1.82, 2.24) is 5.32 Å². The van der Waals surface area contributed by atoms with Crippen molar-refractivity contribution in [2.24, 2.45) is 11.3 Å². The molecule has 2 rings (SSSR count). The Morgan fingerprint density at radius 3 is 2.92 bits per heavy atom. The van der Waals surface area contributed by atoms with Crippen LogP contribution in [0.2, 0.25) is 0 Å². The van der Waals surface area contributed by atoms with Crippen molar-refractivity contribution in [3.63, 3.8) is 0 Å². The molecule has 13 heavy (non-hydrogen) atoms. The SMILES string of the molecule is O=C(O)[C@H]1CCC[C@@]2(CCNC2)C1. The maximum atomic E-state index is 10.9. The number of carboxylic acid groups (broad SMARTS) is 1. The zero-order chi connectivity index (χ0) is 9.31. The predicted molar refractivity (Wildman–Crippen MR) is 49.5 cm³/mol. The second-order valence-corrected chi connectivity index (χ2v) is 4.56. The highest BCUT2D eigenvalue weighted by molar-refractivity contribution is 5.70. The van der Waals surface area contributed by atoms with Crippen molar-refractivity contribution in [3.05, 3.63) is 0 Å². The van der Waals surface area contributed by atoms with Gasteiger partial charge in [-0.2, -0.15) is 0 Å². The van der Waals surface area contributed by atoms with Gasteiger partial charge >= 0.3 is 5.97 Å². The second kappa shape index (κ2) is 3.29. The van der Waals surface area contributed by atoms with E-state index in [0.29, 0.717) is 5.41 Å². The van der Waals surface area contributed by atoms with Gasteiger partial charge in [-0.1, -0.05) is 6.42 Å². The normalized spacial score (nSPS) is 39.5. The summed E-state index contributed by atoms with van der Waals surface area (Å²) >= 11 is 0. The molecule has 0 aromatic rings. The van der Waals surface area contributed by atoms with Crippen LogP contribution in [0.25, 0.3) is 0 Å². The Labute approximate surface area is 78.5 Å². The lowest BCUT2D eigenvalue weighted by atomic mass is 9.69. The molecule has 1 heterocycles. The summed E-state index contributed by atoms with van der Waals surface area (Å²) in [5.41, 5.74) is 0.335. The van der Waals surface area contributed by atoms with Crippen LogP contribution < -0.4 is 5.32 Å². The average molecular weight is 183 g/mol. The first-order valence-corrected chi connectivity index (χ1v) is 5.15. The van der Waals surface area contributed by atoms with Crippen LogP contribution in [-0.4, -0.2) is 24.2 Å². The smallest absolute Gasteiger partial charge is 0.306 e. The molecule has 1 saturated carbocycles. The fourth-order valence-corrected chi connectivity index (χ4v) is 2.84. The minimum atomic E-state index is -0.592. The van der Waals surface area contributed by atoms with Gasteiger partial charge in [0, 0.05) is 6.54 Å². The molecule has 2 fully saturated rings. The number of aliphatic carboxylic acids is 1. The summed E-state index contributed by atoms with van der Waals surface area (Å²) in [6.07, 6.45) is 5.28. The zero-order valence-electron chi connectivity index (χ0n) is 7.88. The Bertz CT molecular complexity index is 209. The van der Waals surface area contributed by atoms with E-state index in [1.54, 1.807) is 0 Å². The van der Waals surface area contributed by atoms with E-state index in [1.807, 2.05) is 0 Å². The summed E-state index contributed by atoms with van der Waals surface area (Å²) in [6, 6.07) is 0. The number of rotatable bonds is 1. The summed E-state index contributed by atoms with van der Waals surface area (Å²) in [6.45, 7) is 2.11. The molecule has 0 unspecified atom stereocenters.